The molecule has 0 spiro atoms. The highest BCUT2D eigenvalue weighted by molar-refractivity contribution is 7.79. The number of thiocarbonyl (C=S) groups is 1. The molecule has 0 N–H and O–H groups in total. The van der Waals surface area contributed by atoms with Gasteiger partial charge >= 0.3 is 0 Å². The molecular weight excluding hydrogens is 250 g/mol. The fraction of sp³-hybridized carbons (Fsp3) is 0.538. The monoisotopic (exact) mass is 267 g/mol. The Morgan fingerprint density at radius 3 is 2.71 bits per heavy atom. The van der Waals surface area contributed by atoms with E-state index in [1.54, 1.807) is 16.7 Å². The van der Waals surface area contributed by atoms with Crippen molar-refractivity contribution in [2.45, 2.75) is 33.2 Å². The largest absolute Gasteiger partial charge is 0.334 e. The van der Waals surface area contributed by atoms with Gasteiger partial charge in [-0.25, -0.2) is 0 Å². The molecule has 2 heterocycles. The third-order valence-electron chi connectivity index (χ3n) is 3.22. The zero-order valence-electron chi connectivity index (χ0n) is 10.4. The van der Waals surface area contributed by atoms with Gasteiger partial charge < -0.3 is 4.90 Å². The first kappa shape index (κ1) is 12.7. The Morgan fingerprint density at radius 1 is 1.59 bits per heavy atom. The van der Waals surface area contributed by atoms with Gasteiger partial charge in [-0.2, -0.15) is 0 Å². The van der Waals surface area contributed by atoms with E-state index >= 15 is 0 Å². The molecule has 1 aliphatic heterocycles. The molecule has 1 aromatic heterocycles. The molecular formula is C13H17NOS2. The highest BCUT2D eigenvalue weighted by atomic mass is 32.1. The predicted octanol–water partition coefficient (Wildman–Crippen LogP) is 3.36. The summed E-state index contributed by atoms with van der Waals surface area (Å²) >= 11 is 6.73. The van der Waals surface area contributed by atoms with E-state index in [0.29, 0.717) is 0 Å². The first-order valence-electron chi connectivity index (χ1n) is 5.79. The van der Waals surface area contributed by atoms with Crippen LogP contribution in [0.25, 0.3) is 0 Å². The molecule has 2 rings (SSSR count). The molecule has 1 aromatic rings. The van der Waals surface area contributed by atoms with Crippen LogP contribution in [0.2, 0.25) is 0 Å². The van der Waals surface area contributed by atoms with E-state index in [4.69, 9.17) is 12.2 Å². The van der Waals surface area contributed by atoms with Gasteiger partial charge in [0, 0.05) is 16.3 Å². The van der Waals surface area contributed by atoms with Crippen molar-refractivity contribution in [2.24, 2.45) is 5.41 Å². The highest BCUT2D eigenvalue weighted by Gasteiger charge is 2.40. The predicted molar refractivity (Wildman–Crippen MR) is 75.6 cm³/mol. The van der Waals surface area contributed by atoms with Crippen LogP contribution in [0.3, 0.4) is 0 Å². The first-order chi connectivity index (χ1) is 7.95. The lowest BCUT2D eigenvalue weighted by Gasteiger charge is -2.43. The SMILES string of the molecule is Cc1ccc(C2CCN2C(=O)C(C)(C)C=S)s1. The van der Waals surface area contributed by atoms with Gasteiger partial charge in [-0.3, -0.25) is 4.79 Å². The van der Waals surface area contributed by atoms with Gasteiger partial charge in [0.1, 0.15) is 0 Å². The molecule has 0 saturated carbocycles. The third-order valence-corrected chi connectivity index (χ3v) is 4.91. The Balaban J connectivity index is 2.14. The van der Waals surface area contributed by atoms with Crippen molar-refractivity contribution in [3.05, 3.63) is 21.9 Å². The number of amides is 1. The maximum Gasteiger partial charge on any atom is 0.233 e. The number of likely N-dealkylation sites (tertiary alicyclic amines) is 1. The van der Waals surface area contributed by atoms with E-state index in [-0.39, 0.29) is 11.9 Å². The summed E-state index contributed by atoms with van der Waals surface area (Å²) in [4.78, 5) is 16.8. The molecule has 2 nitrogen and oxygen atoms in total. The van der Waals surface area contributed by atoms with Crippen molar-refractivity contribution in [3.63, 3.8) is 0 Å². The second-order valence-corrected chi connectivity index (χ2v) is 6.65. The van der Waals surface area contributed by atoms with E-state index < -0.39 is 5.41 Å². The third kappa shape index (κ3) is 2.29. The zero-order chi connectivity index (χ0) is 12.6. The quantitative estimate of drug-likeness (QED) is 0.783. The summed E-state index contributed by atoms with van der Waals surface area (Å²) in [6.45, 7) is 6.72. The van der Waals surface area contributed by atoms with Crippen LogP contribution in [0, 0.1) is 12.3 Å². The van der Waals surface area contributed by atoms with Crippen molar-refractivity contribution in [1.29, 1.82) is 0 Å². The zero-order valence-corrected chi connectivity index (χ0v) is 12.0. The summed E-state index contributed by atoms with van der Waals surface area (Å²) in [5.41, 5.74) is -0.527. The van der Waals surface area contributed by atoms with Crippen molar-refractivity contribution < 1.29 is 4.79 Å². The van der Waals surface area contributed by atoms with Gasteiger partial charge in [0.05, 0.1) is 11.5 Å². The Morgan fingerprint density at radius 2 is 2.29 bits per heavy atom. The van der Waals surface area contributed by atoms with Crippen LogP contribution in [0.5, 0.6) is 0 Å². The first-order valence-corrected chi connectivity index (χ1v) is 7.08. The van der Waals surface area contributed by atoms with Crippen molar-refractivity contribution in [1.82, 2.24) is 4.90 Å². The average molecular weight is 267 g/mol. The summed E-state index contributed by atoms with van der Waals surface area (Å²) in [6.07, 6.45) is 1.07. The molecule has 0 radical (unpaired) electrons. The summed E-state index contributed by atoms with van der Waals surface area (Å²) in [6, 6.07) is 4.52. The van der Waals surface area contributed by atoms with E-state index in [1.165, 1.54) is 9.75 Å². The second kappa shape index (κ2) is 4.50. The Labute approximate surface area is 112 Å². The number of carbonyl (C=O) groups is 1. The van der Waals surface area contributed by atoms with Crippen LogP contribution in [0.15, 0.2) is 12.1 Å². The summed E-state index contributed by atoms with van der Waals surface area (Å²) in [5, 5.41) is 1.57. The Hall–Kier alpha value is -0.740. The molecule has 1 atom stereocenters. The van der Waals surface area contributed by atoms with Crippen LogP contribution in [0.1, 0.15) is 36.1 Å². The van der Waals surface area contributed by atoms with Crippen LogP contribution in [-0.2, 0) is 4.79 Å². The number of hydrogen-bond donors (Lipinski definition) is 0. The van der Waals surface area contributed by atoms with E-state index in [9.17, 15) is 4.79 Å². The summed E-state index contributed by atoms with van der Waals surface area (Å²) < 4.78 is 0. The number of carbonyl (C=O) groups excluding carboxylic acids is 1. The minimum absolute atomic E-state index is 0.148. The smallest absolute Gasteiger partial charge is 0.233 e. The molecule has 4 heteroatoms. The van der Waals surface area contributed by atoms with E-state index in [0.717, 1.165) is 13.0 Å². The molecule has 92 valence electrons. The number of aryl methyl sites for hydroxylation is 1. The molecule has 0 aromatic carbocycles. The highest BCUT2D eigenvalue weighted by Crippen LogP contribution is 2.39. The van der Waals surface area contributed by atoms with Gasteiger partial charge in [0.15, 0.2) is 0 Å². The molecule has 1 fully saturated rings. The maximum absolute atomic E-state index is 12.3. The van der Waals surface area contributed by atoms with Crippen LogP contribution < -0.4 is 0 Å². The minimum Gasteiger partial charge on any atom is -0.334 e. The fourth-order valence-electron chi connectivity index (χ4n) is 1.98. The molecule has 1 amide bonds. The molecule has 1 unspecified atom stereocenters. The number of hydrogen-bond acceptors (Lipinski definition) is 3. The lowest BCUT2D eigenvalue weighted by molar-refractivity contribution is -0.144. The number of rotatable bonds is 3. The average Bonchev–Trinajstić information content (AvgIpc) is 2.63. The Bertz CT molecular complexity index is 450. The van der Waals surface area contributed by atoms with E-state index in [2.05, 4.69) is 19.1 Å². The van der Waals surface area contributed by atoms with Gasteiger partial charge in [0.2, 0.25) is 5.91 Å². The molecule has 0 bridgehead atoms. The second-order valence-electron chi connectivity index (χ2n) is 5.09. The topological polar surface area (TPSA) is 20.3 Å². The Kier molecular flexibility index (Phi) is 3.36. The van der Waals surface area contributed by atoms with Gasteiger partial charge in [-0.1, -0.05) is 12.2 Å². The van der Waals surface area contributed by atoms with Gasteiger partial charge in [-0.15, -0.1) is 11.3 Å². The minimum atomic E-state index is -0.527. The maximum atomic E-state index is 12.3. The standard InChI is InChI=1S/C13H17NOS2/c1-9-4-5-11(17-9)10-6-7-14(10)12(15)13(2,3)8-16/h4-5,8,10H,6-7H2,1-3H3. The van der Waals surface area contributed by atoms with Crippen LogP contribution in [-0.4, -0.2) is 22.7 Å². The van der Waals surface area contributed by atoms with Crippen LogP contribution >= 0.6 is 23.6 Å². The molecule has 1 aliphatic rings. The summed E-state index contributed by atoms with van der Waals surface area (Å²) in [7, 11) is 0. The van der Waals surface area contributed by atoms with Crippen LogP contribution in [0.4, 0.5) is 0 Å². The fourth-order valence-corrected chi connectivity index (χ4v) is 3.11. The molecule has 0 aliphatic carbocycles. The molecule has 1 saturated heterocycles. The van der Waals surface area contributed by atoms with Crippen molar-refractivity contribution in [3.8, 4) is 0 Å². The molecule has 17 heavy (non-hydrogen) atoms. The van der Waals surface area contributed by atoms with Crippen molar-refractivity contribution >= 4 is 34.8 Å². The lowest BCUT2D eigenvalue weighted by atomic mass is 9.90. The van der Waals surface area contributed by atoms with Crippen molar-refractivity contribution in [2.75, 3.05) is 6.54 Å². The lowest BCUT2D eigenvalue weighted by Crippen LogP contribution is -2.50. The van der Waals surface area contributed by atoms with Gasteiger partial charge in [0.25, 0.3) is 0 Å². The number of thiophene rings is 1. The van der Waals surface area contributed by atoms with E-state index in [1.807, 2.05) is 18.7 Å². The van der Waals surface area contributed by atoms with Gasteiger partial charge in [-0.05, 0) is 44.7 Å². The summed E-state index contributed by atoms with van der Waals surface area (Å²) in [5.74, 6) is 0.148. The normalized spacial score (nSPS) is 19.9. The number of nitrogens with zero attached hydrogens (tertiary/aromatic N) is 1.